The fraction of sp³-hybridized carbons (Fsp3) is 0.500. The van der Waals surface area contributed by atoms with Crippen LogP contribution in [-0.4, -0.2) is 24.2 Å². The Labute approximate surface area is 117 Å². The highest BCUT2D eigenvalue weighted by Crippen LogP contribution is 2.31. The molecule has 104 valence electrons. The highest BCUT2D eigenvalue weighted by molar-refractivity contribution is 6.33. The molecule has 2 rings (SSSR count). The van der Waals surface area contributed by atoms with Crippen LogP contribution < -0.4 is 10.1 Å². The van der Waals surface area contributed by atoms with E-state index < -0.39 is 5.97 Å². The fourth-order valence-corrected chi connectivity index (χ4v) is 2.62. The zero-order valence-electron chi connectivity index (χ0n) is 10.9. The Balaban J connectivity index is 1.97. The molecule has 0 atom stereocenters. The zero-order valence-corrected chi connectivity index (χ0v) is 11.6. The van der Waals surface area contributed by atoms with Crippen LogP contribution in [-0.2, 0) is 4.79 Å². The van der Waals surface area contributed by atoms with Crippen molar-refractivity contribution in [1.82, 2.24) is 0 Å². The number of hydrogen-bond donors (Lipinski definition) is 2. The monoisotopic (exact) mass is 283 g/mol. The molecule has 0 saturated heterocycles. The lowest BCUT2D eigenvalue weighted by atomic mass is 9.86. The van der Waals surface area contributed by atoms with Crippen molar-refractivity contribution in [2.45, 2.75) is 31.7 Å². The van der Waals surface area contributed by atoms with E-state index in [0.717, 1.165) is 24.3 Å². The Bertz CT molecular complexity index is 456. The average molecular weight is 284 g/mol. The van der Waals surface area contributed by atoms with Crippen molar-refractivity contribution in [3.8, 4) is 5.75 Å². The lowest BCUT2D eigenvalue weighted by Crippen LogP contribution is -2.29. The van der Waals surface area contributed by atoms with Gasteiger partial charge in [0.25, 0.3) is 0 Å². The molecule has 0 amide bonds. The molecule has 1 saturated carbocycles. The van der Waals surface area contributed by atoms with Crippen molar-refractivity contribution in [3.05, 3.63) is 23.2 Å². The number of carboxylic acids is 1. The SMILES string of the molecule is COc1ccc(Cl)c(NC2CCC(C(=O)O)CC2)c1. The van der Waals surface area contributed by atoms with Crippen LogP contribution in [0.4, 0.5) is 5.69 Å². The molecule has 5 heteroatoms. The highest BCUT2D eigenvalue weighted by atomic mass is 35.5. The van der Waals surface area contributed by atoms with E-state index >= 15 is 0 Å². The minimum Gasteiger partial charge on any atom is -0.497 e. The summed E-state index contributed by atoms with van der Waals surface area (Å²) >= 11 is 6.14. The summed E-state index contributed by atoms with van der Waals surface area (Å²) in [5.41, 5.74) is 0.847. The summed E-state index contributed by atoms with van der Waals surface area (Å²) in [6.07, 6.45) is 3.14. The van der Waals surface area contributed by atoms with Crippen LogP contribution in [0.2, 0.25) is 5.02 Å². The van der Waals surface area contributed by atoms with Gasteiger partial charge in [-0.2, -0.15) is 0 Å². The van der Waals surface area contributed by atoms with Crippen LogP contribution >= 0.6 is 11.6 Å². The van der Waals surface area contributed by atoms with E-state index in [1.807, 2.05) is 12.1 Å². The molecular formula is C14H18ClNO3. The summed E-state index contributed by atoms with van der Waals surface area (Å²) in [7, 11) is 1.62. The van der Waals surface area contributed by atoms with Crippen molar-refractivity contribution in [2.75, 3.05) is 12.4 Å². The van der Waals surface area contributed by atoms with Gasteiger partial charge in [-0.1, -0.05) is 11.6 Å². The molecule has 1 fully saturated rings. The Morgan fingerprint density at radius 2 is 2.05 bits per heavy atom. The maximum absolute atomic E-state index is 10.9. The Kier molecular flexibility index (Phi) is 4.53. The summed E-state index contributed by atoms with van der Waals surface area (Å²) in [4.78, 5) is 10.9. The highest BCUT2D eigenvalue weighted by Gasteiger charge is 2.26. The third-order valence-electron chi connectivity index (χ3n) is 3.61. The smallest absolute Gasteiger partial charge is 0.306 e. The quantitative estimate of drug-likeness (QED) is 0.889. The van der Waals surface area contributed by atoms with E-state index in [4.69, 9.17) is 21.4 Å². The van der Waals surface area contributed by atoms with Gasteiger partial charge >= 0.3 is 5.97 Å². The van der Waals surface area contributed by atoms with Gasteiger partial charge in [-0.05, 0) is 37.8 Å². The van der Waals surface area contributed by atoms with Crippen molar-refractivity contribution < 1.29 is 14.6 Å². The van der Waals surface area contributed by atoms with Crippen molar-refractivity contribution in [2.24, 2.45) is 5.92 Å². The molecular weight excluding hydrogens is 266 g/mol. The Morgan fingerprint density at radius 1 is 1.37 bits per heavy atom. The van der Waals surface area contributed by atoms with E-state index in [1.165, 1.54) is 0 Å². The maximum Gasteiger partial charge on any atom is 0.306 e. The van der Waals surface area contributed by atoms with E-state index in [9.17, 15) is 4.79 Å². The van der Waals surface area contributed by atoms with Crippen LogP contribution in [0.25, 0.3) is 0 Å². The molecule has 1 aromatic rings. The van der Waals surface area contributed by atoms with Crippen LogP contribution in [0, 0.1) is 5.92 Å². The summed E-state index contributed by atoms with van der Waals surface area (Å²) in [6, 6.07) is 5.76. The second-order valence-electron chi connectivity index (χ2n) is 4.88. The number of benzene rings is 1. The zero-order chi connectivity index (χ0) is 13.8. The van der Waals surface area contributed by atoms with Gasteiger partial charge in [-0.15, -0.1) is 0 Å². The second-order valence-corrected chi connectivity index (χ2v) is 5.28. The third-order valence-corrected chi connectivity index (χ3v) is 3.94. The first-order chi connectivity index (χ1) is 9.10. The van der Waals surface area contributed by atoms with Gasteiger partial charge in [0.2, 0.25) is 0 Å². The van der Waals surface area contributed by atoms with E-state index in [2.05, 4.69) is 5.32 Å². The maximum atomic E-state index is 10.9. The lowest BCUT2D eigenvalue weighted by Gasteiger charge is -2.28. The van der Waals surface area contributed by atoms with Gasteiger partial charge in [-0.25, -0.2) is 0 Å². The Hall–Kier alpha value is -1.42. The second kappa shape index (κ2) is 6.15. The molecule has 0 radical (unpaired) electrons. The number of hydrogen-bond acceptors (Lipinski definition) is 3. The van der Waals surface area contributed by atoms with Crippen LogP contribution in [0.5, 0.6) is 5.75 Å². The van der Waals surface area contributed by atoms with Crippen LogP contribution in [0.15, 0.2) is 18.2 Å². The summed E-state index contributed by atoms with van der Waals surface area (Å²) in [6.45, 7) is 0. The van der Waals surface area contributed by atoms with Crippen molar-refractivity contribution >= 4 is 23.3 Å². The molecule has 4 nitrogen and oxygen atoms in total. The minimum absolute atomic E-state index is 0.196. The minimum atomic E-state index is -0.683. The molecule has 0 aliphatic heterocycles. The standard InChI is InChI=1S/C14H18ClNO3/c1-19-11-6-7-12(15)13(8-11)16-10-4-2-9(3-5-10)14(17)18/h6-10,16H,2-5H2,1H3,(H,17,18). The first-order valence-corrected chi connectivity index (χ1v) is 6.81. The van der Waals surface area contributed by atoms with Gasteiger partial charge in [0, 0.05) is 12.1 Å². The van der Waals surface area contributed by atoms with Crippen molar-refractivity contribution in [3.63, 3.8) is 0 Å². The van der Waals surface area contributed by atoms with E-state index in [0.29, 0.717) is 17.9 Å². The number of rotatable bonds is 4. The van der Waals surface area contributed by atoms with Gasteiger partial charge in [0.1, 0.15) is 5.75 Å². The molecule has 1 aliphatic carbocycles. The van der Waals surface area contributed by atoms with Gasteiger partial charge < -0.3 is 15.2 Å². The predicted octanol–water partition coefficient (Wildman–Crippen LogP) is 3.40. The number of aliphatic carboxylic acids is 1. The molecule has 0 bridgehead atoms. The van der Waals surface area contributed by atoms with Gasteiger partial charge in [0.05, 0.1) is 23.7 Å². The molecule has 0 spiro atoms. The molecule has 0 heterocycles. The third kappa shape index (κ3) is 3.53. The largest absolute Gasteiger partial charge is 0.497 e. The normalized spacial score (nSPS) is 22.8. The number of nitrogens with one attached hydrogen (secondary N) is 1. The van der Waals surface area contributed by atoms with Crippen LogP contribution in [0.1, 0.15) is 25.7 Å². The molecule has 2 N–H and O–H groups in total. The number of ether oxygens (including phenoxy) is 1. The molecule has 0 unspecified atom stereocenters. The molecule has 0 aromatic heterocycles. The van der Waals surface area contributed by atoms with E-state index in [1.54, 1.807) is 13.2 Å². The first kappa shape index (κ1) is 14.0. The lowest BCUT2D eigenvalue weighted by molar-refractivity contribution is -0.142. The van der Waals surface area contributed by atoms with Crippen molar-refractivity contribution in [1.29, 1.82) is 0 Å². The molecule has 19 heavy (non-hydrogen) atoms. The summed E-state index contributed by atoms with van der Waals surface area (Å²) in [5.74, 6) is -0.122. The van der Waals surface area contributed by atoms with Crippen LogP contribution in [0.3, 0.4) is 0 Å². The number of carboxylic acid groups (broad SMARTS) is 1. The summed E-state index contributed by atoms with van der Waals surface area (Å²) in [5, 5.41) is 13.0. The number of halogens is 1. The van der Waals surface area contributed by atoms with E-state index in [-0.39, 0.29) is 12.0 Å². The molecule has 1 aromatic carbocycles. The summed E-state index contributed by atoms with van der Waals surface area (Å²) < 4.78 is 5.17. The molecule has 1 aliphatic rings. The number of carbonyl (C=O) groups is 1. The average Bonchev–Trinajstić information content (AvgIpc) is 2.42. The first-order valence-electron chi connectivity index (χ1n) is 6.43. The number of anilines is 1. The predicted molar refractivity (Wildman–Crippen MR) is 75.0 cm³/mol. The van der Waals surface area contributed by atoms with Gasteiger partial charge in [0.15, 0.2) is 0 Å². The fourth-order valence-electron chi connectivity index (χ4n) is 2.45. The topological polar surface area (TPSA) is 58.6 Å². The van der Waals surface area contributed by atoms with Gasteiger partial charge in [-0.3, -0.25) is 4.79 Å². The Morgan fingerprint density at radius 3 is 2.63 bits per heavy atom. The number of methoxy groups -OCH3 is 1.